The molecule has 0 spiro atoms. The first-order valence-corrected chi connectivity index (χ1v) is 6.47. The summed E-state index contributed by atoms with van der Waals surface area (Å²) in [6.07, 6.45) is 2.94. The van der Waals surface area contributed by atoms with Crippen LogP contribution < -0.4 is 4.74 Å². The highest BCUT2D eigenvalue weighted by Crippen LogP contribution is 2.37. The average molecular weight is 261 g/mol. The van der Waals surface area contributed by atoms with Gasteiger partial charge in [-0.3, -0.25) is 4.98 Å². The lowest BCUT2D eigenvalue weighted by atomic mass is 10.1. The zero-order valence-electron chi connectivity index (χ0n) is 10.3. The molecular formula is C14H15NO2S. The maximum Gasteiger partial charge on any atom is 0.125 e. The molecule has 2 aromatic rings. The van der Waals surface area contributed by atoms with E-state index < -0.39 is 6.10 Å². The number of nitrogens with zero attached hydrogens (tertiary/aromatic N) is 1. The fourth-order valence-electron chi connectivity index (χ4n) is 1.74. The molecular weight excluding hydrogens is 246 g/mol. The maximum absolute atomic E-state index is 9.89. The summed E-state index contributed by atoms with van der Waals surface area (Å²) in [5, 5.41) is 9.89. The molecule has 1 heterocycles. The summed E-state index contributed by atoms with van der Waals surface area (Å²) in [6.45, 7) is 1.74. The topological polar surface area (TPSA) is 42.4 Å². The van der Waals surface area contributed by atoms with Gasteiger partial charge in [-0.15, -0.1) is 0 Å². The number of hydrogen-bond acceptors (Lipinski definition) is 4. The standard InChI is InChI=1S/C14H15NO2S/c1-10(16)14-12(17-2)4-3-5-13(14)18-11-6-8-15-9-7-11/h3-10,16H,1-2H3. The van der Waals surface area contributed by atoms with E-state index in [-0.39, 0.29) is 0 Å². The minimum atomic E-state index is -0.564. The van der Waals surface area contributed by atoms with Crippen LogP contribution >= 0.6 is 11.8 Å². The molecule has 0 aliphatic rings. The van der Waals surface area contributed by atoms with Crippen molar-refractivity contribution in [3.63, 3.8) is 0 Å². The lowest BCUT2D eigenvalue weighted by Gasteiger charge is -2.15. The maximum atomic E-state index is 9.89. The molecule has 18 heavy (non-hydrogen) atoms. The van der Waals surface area contributed by atoms with Gasteiger partial charge in [-0.2, -0.15) is 0 Å². The Hall–Kier alpha value is -1.52. The number of aliphatic hydroxyl groups excluding tert-OH is 1. The summed E-state index contributed by atoms with van der Waals surface area (Å²) in [6, 6.07) is 9.65. The van der Waals surface area contributed by atoms with Crippen molar-refractivity contribution < 1.29 is 9.84 Å². The molecule has 3 nitrogen and oxygen atoms in total. The van der Waals surface area contributed by atoms with Crippen LogP contribution in [-0.4, -0.2) is 17.2 Å². The smallest absolute Gasteiger partial charge is 0.125 e. The Kier molecular flexibility index (Phi) is 4.23. The van der Waals surface area contributed by atoms with Crippen molar-refractivity contribution in [2.24, 2.45) is 0 Å². The van der Waals surface area contributed by atoms with Crippen LogP contribution in [0.5, 0.6) is 5.75 Å². The first-order chi connectivity index (χ1) is 8.72. The molecule has 4 heteroatoms. The van der Waals surface area contributed by atoms with Crippen LogP contribution in [0.3, 0.4) is 0 Å². The minimum Gasteiger partial charge on any atom is -0.496 e. The fraction of sp³-hybridized carbons (Fsp3) is 0.214. The molecule has 1 atom stereocenters. The van der Waals surface area contributed by atoms with Crippen molar-refractivity contribution in [2.45, 2.75) is 22.8 Å². The molecule has 2 rings (SSSR count). The quantitative estimate of drug-likeness (QED) is 0.917. The Morgan fingerprint density at radius 1 is 1.22 bits per heavy atom. The van der Waals surface area contributed by atoms with Gasteiger partial charge in [0.2, 0.25) is 0 Å². The lowest BCUT2D eigenvalue weighted by molar-refractivity contribution is 0.191. The summed E-state index contributed by atoms with van der Waals surface area (Å²) in [5.41, 5.74) is 0.821. The number of hydrogen-bond donors (Lipinski definition) is 1. The zero-order valence-corrected chi connectivity index (χ0v) is 11.1. The highest BCUT2D eigenvalue weighted by atomic mass is 32.2. The van der Waals surface area contributed by atoms with Crippen LogP contribution in [-0.2, 0) is 0 Å². The van der Waals surface area contributed by atoms with Crippen LogP contribution in [0.15, 0.2) is 52.5 Å². The molecule has 0 saturated carbocycles. The molecule has 1 unspecified atom stereocenters. The van der Waals surface area contributed by atoms with E-state index in [2.05, 4.69) is 4.98 Å². The number of pyridine rings is 1. The number of aliphatic hydroxyl groups is 1. The van der Waals surface area contributed by atoms with Crippen molar-refractivity contribution in [2.75, 3.05) is 7.11 Å². The number of methoxy groups -OCH3 is 1. The van der Waals surface area contributed by atoms with E-state index in [9.17, 15) is 5.11 Å². The largest absolute Gasteiger partial charge is 0.496 e. The number of aromatic nitrogens is 1. The van der Waals surface area contributed by atoms with Gasteiger partial charge in [0, 0.05) is 27.7 Å². The van der Waals surface area contributed by atoms with Crippen LogP contribution in [0, 0.1) is 0 Å². The van der Waals surface area contributed by atoms with Crippen LogP contribution in [0.2, 0.25) is 0 Å². The third kappa shape index (κ3) is 2.83. The second-order valence-electron chi connectivity index (χ2n) is 3.83. The van der Waals surface area contributed by atoms with Crippen molar-refractivity contribution in [3.05, 3.63) is 48.3 Å². The van der Waals surface area contributed by atoms with E-state index in [1.807, 2.05) is 30.3 Å². The highest BCUT2D eigenvalue weighted by Gasteiger charge is 2.14. The lowest BCUT2D eigenvalue weighted by Crippen LogP contribution is -1.98. The Labute approximate surface area is 111 Å². The predicted octanol–water partition coefficient (Wildman–Crippen LogP) is 3.29. The Balaban J connectivity index is 2.38. The minimum absolute atomic E-state index is 0.564. The van der Waals surface area contributed by atoms with Gasteiger partial charge in [0.15, 0.2) is 0 Å². The Morgan fingerprint density at radius 2 is 1.94 bits per heavy atom. The molecule has 0 radical (unpaired) electrons. The third-order valence-electron chi connectivity index (χ3n) is 2.54. The summed E-state index contributed by atoms with van der Waals surface area (Å²) in [7, 11) is 1.61. The summed E-state index contributed by atoms with van der Waals surface area (Å²) in [5.74, 6) is 0.712. The summed E-state index contributed by atoms with van der Waals surface area (Å²) >= 11 is 1.59. The van der Waals surface area contributed by atoms with Gasteiger partial charge >= 0.3 is 0 Å². The van der Waals surface area contributed by atoms with Gasteiger partial charge in [-0.1, -0.05) is 17.8 Å². The molecule has 94 valence electrons. The molecule has 1 N–H and O–H groups in total. The molecule has 0 saturated heterocycles. The van der Waals surface area contributed by atoms with E-state index in [0.29, 0.717) is 5.75 Å². The molecule has 0 amide bonds. The predicted molar refractivity (Wildman–Crippen MR) is 72.0 cm³/mol. The summed E-state index contributed by atoms with van der Waals surface area (Å²) in [4.78, 5) is 6.07. The van der Waals surface area contributed by atoms with Crippen molar-refractivity contribution in [1.82, 2.24) is 4.98 Å². The second-order valence-corrected chi connectivity index (χ2v) is 4.95. The first-order valence-electron chi connectivity index (χ1n) is 5.65. The SMILES string of the molecule is COc1cccc(Sc2ccncc2)c1C(C)O. The van der Waals surface area contributed by atoms with Crippen LogP contribution in [0.25, 0.3) is 0 Å². The van der Waals surface area contributed by atoms with Gasteiger partial charge < -0.3 is 9.84 Å². The van der Waals surface area contributed by atoms with Crippen LogP contribution in [0.4, 0.5) is 0 Å². The van der Waals surface area contributed by atoms with Gasteiger partial charge in [0.1, 0.15) is 5.75 Å². The summed E-state index contributed by atoms with van der Waals surface area (Å²) < 4.78 is 5.30. The van der Waals surface area contributed by atoms with Gasteiger partial charge in [-0.25, -0.2) is 0 Å². The monoisotopic (exact) mass is 261 g/mol. The molecule has 0 aliphatic carbocycles. The van der Waals surface area contributed by atoms with E-state index >= 15 is 0 Å². The molecule has 0 fully saturated rings. The van der Waals surface area contributed by atoms with Gasteiger partial charge in [-0.05, 0) is 31.2 Å². The van der Waals surface area contributed by atoms with Crippen molar-refractivity contribution in [3.8, 4) is 5.75 Å². The molecule has 0 aliphatic heterocycles. The molecule has 0 bridgehead atoms. The van der Waals surface area contributed by atoms with E-state index in [0.717, 1.165) is 15.4 Å². The average Bonchev–Trinajstić information content (AvgIpc) is 2.39. The van der Waals surface area contributed by atoms with E-state index in [1.54, 1.807) is 38.2 Å². The third-order valence-corrected chi connectivity index (χ3v) is 3.63. The Morgan fingerprint density at radius 3 is 2.56 bits per heavy atom. The van der Waals surface area contributed by atoms with E-state index in [1.165, 1.54) is 0 Å². The number of ether oxygens (including phenoxy) is 1. The molecule has 1 aromatic heterocycles. The number of benzene rings is 1. The normalized spacial score (nSPS) is 12.2. The Bertz CT molecular complexity index is 514. The van der Waals surface area contributed by atoms with Gasteiger partial charge in [0.25, 0.3) is 0 Å². The van der Waals surface area contributed by atoms with Crippen LogP contribution in [0.1, 0.15) is 18.6 Å². The van der Waals surface area contributed by atoms with Crippen molar-refractivity contribution in [1.29, 1.82) is 0 Å². The zero-order chi connectivity index (χ0) is 13.0. The van der Waals surface area contributed by atoms with Crippen molar-refractivity contribution >= 4 is 11.8 Å². The second kappa shape index (κ2) is 5.89. The fourth-order valence-corrected chi connectivity index (χ4v) is 2.78. The number of rotatable bonds is 4. The molecule has 1 aromatic carbocycles. The highest BCUT2D eigenvalue weighted by molar-refractivity contribution is 7.99. The van der Waals surface area contributed by atoms with Gasteiger partial charge in [0.05, 0.1) is 13.2 Å². The first kappa shape index (κ1) is 12.9. The van der Waals surface area contributed by atoms with E-state index in [4.69, 9.17) is 4.74 Å².